The second-order valence-corrected chi connectivity index (χ2v) is 2.97. The molecular weight excluding hydrogens is 218 g/mol. The number of carbonyl (C=O) groups is 1. The van der Waals surface area contributed by atoms with Crippen molar-refractivity contribution in [3.05, 3.63) is 35.6 Å². The van der Waals surface area contributed by atoms with Crippen molar-refractivity contribution in [3.63, 3.8) is 0 Å². The Bertz CT molecular complexity index is 355. The summed E-state index contributed by atoms with van der Waals surface area (Å²) in [6.45, 7) is 1.32. The Hall–Kier alpha value is -1.49. The van der Waals surface area contributed by atoms with Gasteiger partial charge < -0.3 is 9.47 Å². The van der Waals surface area contributed by atoms with Crippen molar-refractivity contribution >= 4 is 5.97 Å². The zero-order valence-corrected chi connectivity index (χ0v) is 8.78. The number of alkyl halides is 1. The van der Waals surface area contributed by atoms with Gasteiger partial charge >= 0.3 is 5.97 Å². The molecule has 0 fully saturated rings. The third-order valence-corrected chi connectivity index (χ3v) is 1.81. The molecule has 1 rings (SSSR count). The van der Waals surface area contributed by atoms with Crippen LogP contribution in [-0.2, 0) is 20.9 Å². The average molecular weight is 230 g/mol. The predicted octanol–water partition coefficient (Wildman–Crippen LogP) is 2.20. The first-order valence-corrected chi connectivity index (χ1v) is 4.81. The largest absolute Gasteiger partial charge is 0.462 e. The molecule has 0 aromatic heterocycles. The van der Waals surface area contributed by atoms with Gasteiger partial charge in [-0.1, -0.05) is 18.2 Å². The summed E-state index contributed by atoms with van der Waals surface area (Å²) in [5.74, 6) is -1.60. The van der Waals surface area contributed by atoms with E-state index in [9.17, 15) is 13.6 Å². The van der Waals surface area contributed by atoms with Crippen LogP contribution in [0.15, 0.2) is 24.3 Å². The van der Waals surface area contributed by atoms with Crippen molar-refractivity contribution in [3.8, 4) is 0 Å². The molecule has 0 radical (unpaired) electrons. The van der Waals surface area contributed by atoms with Gasteiger partial charge in [-0.3, -0.25) is 0 Å². The van der Waals surface area contributed by atoms with Crippen molar-refractivity contribution in [2.75, 3.05) is 6.61 Å². The molecule has 1 aromatic carbocycles. The third-order valence-electron chi connectivity index (χ3n) is 1.81. The lowest BCUT2D eigenvalue weighted by atomic mass is 10.2. The van der Waals surface area contributed by atoms with Crippen LogP contribution in [0.25, 0.3) is 0 Å². The first-order valence-electron chi connectivity index (χ1n) is 4.81. The molecule has 1 aromatic rings. The van der Waals surface area contributed by atoms with E-state index in [1.807, 2.05) is 0 Å². The Kier molecular flexibility index (Phi) is 4.85. The SMILES string of the molecule is CCOC(=O)C(F)OCc1ccccc1F. The first kappa shape index (κ1) is 12.6. The Labute approximate surface area is 92.0 Å². The van der Waals surface area contributed by atoms with Gasteiger partial charge in [0.25, 0.3) is 6.36 Å². The van der Waals surface area contributed by atoms with E-state index in [-0.39, 0.29) is 18.8 Å². The van der Waals surface area contributed by atoms with Crippen LogP contribution in [0.4, 0.5) is 8.78 Å². The number of ether oxygens (including phenoxy) is 2. The highest BCUT2D eigenvalue weighted by Crippen LogP contribution is 2.10. The van der Waals surface area contributed by atoms with Gasteiger partial charge in [0, 0.05) is 5.56 Å². The summed E-state index contributed by atoms with van der Waals surface area (Å²) < 4.78 is 35.0. The van der Waals surface area contributed by atoms with E-state index in [2.05, 4.69) is 9.47 Å². The lowest BCUT2D eigenvalue weighted by molar-refractivity contribution is -0.171. The van der Waals surface area contributed by atoms with E-state index < -0.39 is 18.1 Å². The molecule has 16 heavy (non-hydrogen) atoms. The van der Waals surface area contributed by atoms with E-state index in [0.717, 1.165) is 0 Å². The Morgan fingerprint density at radius 1 is 1.44 bits per heavy atom. The molecule has 0 amide bonds. The number of carbonyl (C=O) groups excluding carboxylic acids is 1. The highest BCUT2D eigenvalue weighted by molar-refractivity contribution is 5.72. The van der Waals surface area contributed by atoms with Gasteiger partial charge in [0.15, 0.2) is 0 Å². The second kappa shape index (κ2) is 6.17. The van der Waals surface area contributed by atoms with Crippen LogP contribution in [0.2, 0.25) is 0 Å². The first-order chi connectivity index (χ1) is 7.65. The molecule has 0 bridgehead atoms. The minimum Gasteiger partial charge on any atom is -0.462 e. The fourth-order valence-electron chi connectivity index (χ4n) is 1.05. The maximum atomic E-state index is 13.1. The molecule has 3 nitrogen and oxygen atoms in total. The van der Waals surface area contributed by atoms with Crippen molar-refractivity contribution < 1.29 is 23.0 Å². The summed E-state index contributed by atoms with van der Waals surface area (Å²) in [7, 11) is 0. The van der Waals surface area contributed by atoms with Crippen molar-refractivity contribution in [1.82, 2.24) is 0 Å². The summed E-state index contributed by atoms with van der Waals surface area (Å²) >= 11 is 0. The number of halogens is 2. The number of rotatable bonds is 5. The standard InChI is InChI=1S/C11H12F2O3/c1-2-15-11(14)10(13)16-7-8-5-3-4-6-9(8)12/h3-6,10H,2,7H2,1H3. The summed E-state index contributed by atoms with van der Waals surface area (Å²) in [4.78, 5) is 10.8. The number of hydrogen-bond acceptors (Lipinski definition) is 3. The summed E-state index contributed by atoms with van der Waals surface area (Å²) in [6.07, 6.45) is -2.18. The lowest BCUT2D eigenvalue weighted by Gasteiger charge is -2.09. The van der Waals surface area contributed by atoms with Crippen LogP contribution in [-0.4, -0.2) is 18.9 Å². The molecule has 0 aliphatic carbocycles. The highest BCUT2D eigenvalue weighted by Gasteiger charge is 2.19. The van der Waals surface area contributed by atoms with Crippen LogP contribution >= 0.6 is 0 Å². The van der Waals surface area contributed by atoms with E-state index in [1.165, 1.54) is 18.2 Å². The van der Waals surface area contributed by atoms with Crippen LogP contribution in [0.1, 0.15) is 12.5 Å². The van der Waals surface area contributed by atoms with Gasteiger partial charge in [-0.25, -0.2) is 13.6 Å². The van der Waals surface area contributed by atoms with Crippen molar-refractivity contribution in [2.24, 2.45) is 0 Å². The topological polar surface area (TPSA) is 35.5 Å². The van der Waals surface area contributed by atoms with E-state index in [0.29, 0.717) is 0 Å². The molecule has 1 unspecified atom stereocenters. The molecule has 5 heteroatoms. The lowest BCUT2D eigenvalue weighted by Crippen LogP contribution is -2.22. The highest BCUT2D eigenvalue weighted by atomic mass is 19.1. The number of hydrogen-bond donors (Lipinski definition) is 0. The van der Waals surface area contributed by atoms with Crippen molar-refractivity contribution in [2.45, 2.75) is 19.9 Å². The molecule has 0 aliphatic rings. The molecule has 0 spiro atoms. The monoisotopic (exact) mass is 230 g/mol. The van der Waals surface area contributed by atoms with Gasteiger partial charge in [-0.05, 0) is 13.0 Å². The molecule has 0 saturated carbocycles. The van der Waals surface area contributed by atoms with E-state index in [1.54, 1.807) is 13.0 Å². The van der Waals surface area contributed by atoms with Gasteiger partial charge in [-0.15, -0.1) is 0 Å². The fraction of sp³-hybridized carbons (Fsp3) is 0.364. The van der Waals surface area contributed by atoms with Crippen LogP contribution in [0.3, 0.4) is 0 Å². The summed E-state index contributed by atoms with van der Waals surface area (Å²) in [5, 5.41) is 0. The summed E-state index contributed by atoms with van der Waals surface area (Å²) in [5.41, 5.74) is 0.189. The second-order valence-electron chi connectivity index (χ2n) is 2.97. The minimum atomic E-state index is -2.18. The fourth-order valence-corrected chi connectivity index (χ4v) is 1.05. The number of benzene rings is 1. The zero-order valence-electron chi connectivity index (χ0n) is 8.78. The van der Waals surface area contributed by atoms with Crippen LogP contribution < -0.4 is 0 Å². The third kappa shape index (κ3) is 3.58. The molecule has 0 N–H and O–H groups in total. The van der Waals surface area contributed by atoms with Crippen LogP contribution in [0, 0.1) is 5.82 Å². The van der Waals surface area contributed by atoms with E-state index >= 15 is 0 Å². The minimum absolute atomic E-state index is 0.0717. The Balaban J connectivity index is 2.46. The average Bonchev–Trinajstić information content (AvgIpc) is 2.28. The van der Waals surface area contributed by atoms with Gasteiger partial charge in [0.1, 0.15) is 5.82 Å². The van der Waals surface area contributed by atoms with Crippen molar-refractivity contribution in [1.29, 1.82) is 0 Å². The molecular formula is C11H12F2O3. The molecule has 0 heterocycles. The molecule has 88 valence electrons. The molecule has 0 saturated heterocycles. The maximum absolute atomic E-state index is 13.1. The quantitative estimate of drug-likeness (QED) is 0.727. The Morgan fingerprint density at radius 3 is 2.75 bits per heavy atom. The smallest absolute Gasteiger partial charge is 0.368 e. The van der Waals surface area contributed by atoms with E-state index in [4.69, 9.17) is 0 Å². The Morgan fingerprint density at radius 2 is 2.12 bits per heavy atom. The van der Waals surface area contributed by atoms with Crippen LogP contribution in [0.5, 0.6) is 0 Å². The summed E-state index contributed by atoms with van der Waals surface area (Å²) in [6, 6.07) is 5.79. The normalized spacial score (nSPS) is 12.2. The van der Waals surface area contributed by atoms with Gasteiger partial charge in [-0.2, -0.15) is 0 Å². The maximum Gasteiger partial charge on any atom is 0.368 e. The zero-order chi connectivity index (χ0) is 12.0. The molecule has 0 aliphatic heterocycles. The predicted molar refractivity (Wildman–Crippen MR) is 52.7 cm³/mol. The van der Waals surface area contributed by atoms with Gasteiger partial charge in [0.05, 0.1) is 13.2 Å². The molecule has 1 atom stereocenters. The van der Waals surface area contributed by atoms with Gasteiger partial charge in [0.2, 0.25) is 0 Å². The number of esters is 1.